The first-order valence-electron chi connectivity index (χ1n) is 7.39. The number of aliphatic hydroxyl groups excluding tert-OH is 1. The van der Waals surface area contributed by atoms with E-state index in [-0.39, 0.29) is 12.5 Å². The molecule has 0 aliphatic carbocycles. The van der Waals surface area contributed by atoms with Gasteiger partial charge < -0.3 is 14.8 Å². The molecule has 1 unspecified atom stereocenters. The van der Waals surface area contributed by atoms with Crippen LogP contribution < -0.4 is 5.32 Å². The molecule has 0 bridgehead atoms. The second-order valence-corrected chi connectivity index (χ2v) is 5.41. The summed E-state index contributed by atoms with van der Waals surface area (Å²) in [5, 5.41) is 12.1. The van der Waals surface area contributed by atoms with Gasteiger partial charge in [0, 0.05) is 18.2 Å². The zero-order chi connectivity index (χ0) is 14.4. The molecule has 112 valence electrons. The van der Waals surface area contributed by atoms with Crippen molar-refractivity contribution in [1.82, 2.24) is 10.2 Å². The summed E-state index contributed by atoms with van der Waals surface area (Å²) in [6.45, 7) is 4.87. The highest BCUT2D eigenvalue weighted by molar-refractivity contribution is 5.92. The molecule has 1 atom stereocenters. The number of likely N-dealkylation sites (tertiary alicyclic amines) is 1. The molecule has 0 spiro atoms. The molecule has 1 aliphatic rings. The minimum Gasteiger partial charge on any atom is -0.459 e. The molecule has 0 saturated carbocycles. The van der Waals surface area contributed by atoms with Crippen LogP contribution in [-0.4, -0.2) is 48.2 Å². The van der Waals surface area contributed by atoms with E-state index >= 15 is 0 Å². The summed E-state index contributed by atoms with van der Waals surface area (Å²) in [6.07, 6.45) is 5.80. The van der Waals surface area contributed by atoms with E-state index < -0.39 is 0 Å². The van der Waals surface area contributed by atoms with Crippen molar-refractivity contribution in [3.05, 3.63) is 23.7 Å². The molecule has 5 nitrogen and oxygen atoms in total. The molecule has 1 saturated heterocycles. The topological polar surface area (TPSA) is 65.7 Å². The van der Waals surface area contributed by atoms with E-state index in [1.165, 1.54) is 12.7 Å². The fourth-order valence-electron chi connectivity index (χ4n) is 2.72. The van der Waals surface area contributed by atoms with Gasteiger partial charge in [-0.15, -0.1) is 0 Å². The predicted octanol–water partition coefficient (Wildman–Crippen LogP) is 1.55. The maximum atomic E-state index is 11.8. The SMILES string of the molecule is Cc1ccoc1C(=O)NCCCCN1CCCC1CO. The Bertz CT molecular complexity index is 431. The van der Waals surface area contributed by atoms with Crippen molar-refractivity contribution < 1.29 is 14.3 Å². The van der Waals surface area contributed by atoms with Crippen LogP contribution in [0.2, 0.25) is 0 Å². The van der Waals surface area contributed by atoms with Gasteiger partial charge in [0.15, 0.2) is 5.76 Å². The summed E-state index contributed by atoms with van der Waals surface area (Å²) in [7, 11) is 0. The Balaban J connectivity index is 1.60. The van der Waals surface area contributed by atoms with Crippen molar-refractivity contribution in [2.45, 2.75) is 38.6 Å². The number of carbonyl (C=O) groups is 1. The molecule has 1 aromatic rings. The number of unbranched alkanes of at least 4 members (excludes halogenated alkanes) is 1. The number of rotatable bonds is 7. The minimum absolute atomic E-state index is 0.137. The number of furan rings is 1. The average molecular weight is 280 g/mol. The summed E-state index contributed by atoms with van der Waals surface area (Å²) >= 11 is 0. The van der Waals surface area contributed by atoms with Crippen molar-refractivity contribution >= 4 is 5.91 Å². The second kappa shape index (κ2) is 7.45. The van der Waals surface area contributed by atoms with Crippen LogP contribution in [0.1, 0.15) is 41.8 Å². The van der Waals surface area contributed by atoms with E-state index in [1.54, 1.807) is 6.07 Å². The average Bonchev–Trinajstić information content (AvgIpc) is 3.06. The van der Waals surface area contributed by atoms with Gasteiger partial charge in [-0.3, -0.25) is 9.69 Å². The van der Waals surface area contributed by atoms with E-state index in [9.17, 15) is 9.90 Å². The van der Waals surface area contributed by atoms with Crippen LogP contribution in [0.5, 0.6) is 0 Å². The molecule has 1 aliphatic heterocycles. The molecule has 1 amide bonds. The Morgan fingerprint density at radius 1 is 1.55 bits per heavy atom. The van der Waals surface area contributed by atoms with Gasteiger partial charge in [0.1, 0.15) is 0 Å². The lowest BCUT2D eigenvalue weighted by Crippen LogP contribution is -2.33. The van der Waals surface area contributed by atoms with Crippen LogP contribution in [0.4, 0.5) is 0 Å². The van der Waals surface area contributed by atoms with Crippen molar-refractivity contribution in [1.29, 1.82) is 0 Å². The smallest absolute Gasteiger partial charge is 0.287 e. The fraction of sp³-hybridized carbons (Fsp3) is 0.667. The Kier molecular flexibility index (Phi) is 5.61. The van der Waals surface area contributed by atoms with Gasteiger partial charge in [0.05, 0.1) is 12.9 Å². The van der Waals surface area contributed by atoms with Crippen molar-refractivity contribution in [3.63, 3.8) is 0 Å². The number of nitrogens with one attached hydrogen (secondary N) is 1. The molecule has 0 aromatic carbocycles. The van der Waals surface area contributed by atoms with Gasteiger partial charge in [-0.1, -0.05) is 0 Å². The maximum absolute atomic E-state index is 11.8. The third kappa shape index (κ3) is 3.84. The summed E-state index contributed by atoms with van der Waals surface area (Å²) in [4.78, 5) is 14.1. The van der Waals surface area contributed by atoms with Crippen LogP contribution in [-0.2, 0) is 0 Å². The van der Waals surface area contributed by atoms with Crippen LogP contribution in [0.25, 0.3) is 0 Å². The first kappa shape index (κ1) is 15.1. The van der Waals surface area contributed by atoms with Crippen LogP contribution in [0, 0.1) is 6.92 Å². The van der Waals surface area contributed by atoms with Gasteiger partial charge >= 0.3 is 0 Å². The highest BCUT2D eigenvalue weighted by atomic mass is 16.3. The number of hydrogen-bond acceptors (Lipinski definition) is 4. The third-order valence-electron chi connectivity index (χ3n) is 3.94. The number of aliphatic hydroxyl groups is 1. The van der Waals surface area contributed by atoms with Gasteiger partial charge in [-0.25, -0.2) is 0 Å². The molecule has 20 heavy (non-hydrogen) atoms. The summed E-state index contributed by atoms with van der Waals surface area (Å²) in [5.41, 5.74) is 0.866. The largest absolute Gasteiger partial charge is 0.459 e. The number of amides is 1. The Hall–Kier alpha value is -1.33. The van der Waals surface area contributed by atoms with Crippen molar-refractivity contribution in [3.8, 4) is 0 Å². The highest BCUT2D eigenvalue weighted by Gasteiger charge is 2.22. The molecule has 2 heterocycles. The van der Waals surface area contributed by atoms with Crippen molar-refractivity contribution in [2.75, 3.05) is 26.2 Å². The number of aryl methyl sites for hydroxylation is 1. The van der Waals surface area contributed by atoms with Gasteiger partial charge in [-0.2, -0.15) is 0 Å². The third-order valence-corrected chi connectivity index (χ3v) is 3.94. The summed E-state index contributed by atoms with van der Waals surface area (Å²) in [6, 6.07) is 2.13. The highest BCUT2D eigenvalue weighted by Crippen LogP contribution is 2.16. The maximum Gasteiger partial charge on any atom is 0.287 e. The number of hydrogen-bond donors (Lipinski definition) is 2. The molecule has 5 heteroatoms. The molecule has 2 rings (SSSR count). The first-order valence-corrected chi connectivity index (χ1v) is 7.39. The quantitative estimate of drug-likeness (QED) is 0.744. The lowest BCUT2D eigenvalue weighted by atomic mass is 10.2. The fourth-order valence-corrected chi connectivity index (χ4v) is 2.72. The lowest BCUT2D eigenvalue weighted by Gasteiger charge is -2.22. The van der Waals surface area contributed by atoms with Gasteiger partial charge in [0.2, 0.25) is 0 Å². The van der Waals surface area contributed by atoms with Crippen LogP contribution in [0.3, 0.4) is 0 Å². The minimum atomic E-state index is -0.137. The van der Waals surface area contributed by atoms with E-state index in [4.69, 9.17) is 4.42 Å². The standard InChI is InChI=1S/C15H24N2O3/c1-12-6-10-20-14(12)15(19)16-7-2-3-8-17-9-4-5-13(17)11-18/h6,10,13,18H,2-5,7-9,11H2,1H3,(H,16,19). The monoisotopic (exact) mass is 280 g/mol. The molecule has 1 fully saturated rings. The molecular weight excluding hydrogens is 256 g/mol. The second-order valence-electron chi connectivity index (χ2n) is 5.41. The zero-order valence-electron chi connectivity index (χ0n) is 12.1. The van der Waals surface area contributed by atoms with Gasteiger partial charge in [-0.05, 0) is 51.8 Å². The van der Waals surface area contributed by atoms with Crippen LogP contribution in [0.15, 0.2) is 16.7 Å². The van der Waals surface area contributed by atoms with Gasteiger partial charge in [0.25, 0.3) is 5.91 Å². The molecular formula is C15H24N2O3. The number of nitrogens with zero attached hydrogens (tertiary/aromatic N) is 1. The molecule has 0 radical (unpaired) electrons. The Morgan fingerprint density at radius 2 is 2.40 bits per heavy atom. The normalized spacial score (nSPS) is 19.4. The molecule has 1 aromatic heterocycles. The Labute approximate surface area is 119 Å². The van der Waals surface area contributed by atoms with E-state index in [0.717, 1.165) is 37.9 Å². The lowest BCUT2D eigenvalue weighted by molar-refractivity contribution is 0.0923. The van der Waals surface area contributed by atoms with E-state index in [0.29, 0.717) is 18.3 Å². The summed E-state index contributed by atoms with van der Waals surface area (Å²) in [5.74, 6) is 0.270. The van der Waals surface area contributed by atoms with Crippen molar-refractivity contribution in [2.24, 2.45) is 0 Å². The Morgan fingerprint density at radius 3 is 3.10 bits per heavy atom. The zero-order valence-corrected chi connectivity index (χ0v) is 12.1. The van der Waals surface area contributed by atoms with E-state index in [1.807, 2.05) is 6.92 Å². The number of carbonyl (C=O) groups excluding carboxylic acids is 1. The first-order chi connectivity index (χ1) is 9.72. The van der Waals surface area contributed by atoms with E-state index in [2.05, 4.69) is 10.2 Å². The van der Waals surface area contributed by atoms with Crippen LogP contribution >= 0.6 is 0 Å². The summed E-state index contributed by atoms with van der Waals surface area (Å²) < 4.78 is 5.14. The predicted molar refractivity (Wildman–Crippen MR) is 76.7 cm³/mol. The molecule has 2 N–H and O–H groups in total.